The molecule has 0 spiro atoms. The summed E-state index contributed by atoms with van der Waals surface area (Å²) in [4.78, 5) is 13.2. The minimum Gasteiger partial charge on any atom is -0.343 e. The number of nitrogens with zero attached hydrogens (tertiary/aromatic N) is 1. The Balaban J connectivity index is 1.56. The van der Waals surface area contributed by atoms with E-state index in [2.05, 4.69) is 5.32 Å². The molecule has 4 rings (SSSR count). The van der Waals surface area contributed by atoms with E-state index in [0.29, 0.717) is 18.7 Å². The summed E-state index contributed by atoms with van der Waals surface area (Å²) >= 11 is 0. The highest BCUT2D eigenvalue weighted by Gasteiger charge is 2.40. The Morgan fingerprint density at radius 3 is 2.25 bits per heavy atom. The lowest BCUT2D eigenvalue weighted by molar-refractivity contribution is 0.0823. The third kappa shape index (κ3) is 3.59. The molecule has 1 N–H and O–H groups in total. The Morgan fingerprint density at radius 1 is 0.893 bits per heavy atom. The number of amides is 1. The van der Waals surface area contributed by atoms with Gasteiger partial charge in [0.1, 0.15) is 0 Å². The Kier molecular flexibility index (Phi) is 5.25. The molecule has 28 heavy (non-hydrogen) atoms. The second kappa shape index (κ2) is 7.68. The second-order valence-electron chi connectivity index (χ2n) is 7.75. The summed E-state index contributed by atoms with van der Waals surface area (Å²) in [5.74, 6) is -0.223. The van der Waals surface area contributed by atoms with Crippen molar-refractivity contribution in [3.63, 3.8) is 0 Å². The van der Waals surface area contributed by atoms with Crippen molar-refractivity contribution in [2.24, 2.45) is 0 Å². The van der Waals surface area contributed by atoms with Gasteiger partial charge in [0.25, 0.3) is 5.91 Å². The first kappa shape index (κ1) is 19.2. The molecular weight excluding hydrogens is 372 g/mol. The monoisotopic (exact) mass is 398 g/mol. The minimum absolute atomic E-state index is 0.199. The van der Waals surface area contributed by atoms with Crippen LogP contribution in [0.5, 0.6) is 0 Å². The summed E-state index contributed by atoms with van der Waals surface area (Å²) in [6.45, 7) is 1.10. The number of piperidine rings is 1. The average molecular weight is 399 g/mol. The zero-order valence-electron chi connectivity index (χ0n) is 15.9. The number of hydrogen-bond acceptors (Lipinski definition) is 3. The number of carbonyl (C=O) groups is 1. The fraction of sp³-hybridized carbons (Fsp3) is 0.409. The fourth-order valence-electron chi connectivity index (χ4n) is 4.11. The van der Waals surface area contributed by atoms with Gasteiger partial charge < -0.3 is 5.32 Å². The maximum Gasteiger partial charge on any atom is 0.252 e. The summed E-state index contributed by atoms with van der Waals surface area (Å²) < 4.78 is 27.4. The predicted octanol–water partition coefficient (Wildman–Crippen LogP) is 3.67. The zero-order chi connectivity index (χ0) is 19.6. The van der Waals surface area contributed by atoms with Crippen LogP contribution >= 0.6 is 0 Å². The van der Waals surface area contributed by atoms with Crippen molar-refractivity contribution in [3.05, 3.63) is 65.7 Å². The molecule has 5 nitrogen and oxygen atoms in total. The van der Waals surface area contributed by atoms with Crippen molar-refractivity contribution >= 4 is 15.9 Å². The van der Waals surface area contributed by atoms with Gasteiger partial charge in [-0.05, 0) is 55.9 Å². The molecule has 1 aliphatic heterocycles. The molecule has 2 aromatic rings. The number of rotatable bonds is 5. The van der Waals surface area contributed by atoms with E-state index < -0.39 is 10.0 Å². The lowest BCUT2D eigenvalue weighted by Crippen LogP contribution is -2.50. The van der Waals surface area contributed by atoms with Crippen LogP contribution in [0.3, 0.4) is 0 Å². The third-order valence-corrected chi connectivity index (χ3v) is 7.83. The molecule has 0 radical (unpaired) electrons. The smallest absolute Gasteiger partial charge is 0.252 e. The van der Waals surface area contributed by atoms with Crippen molar-refractivity contribution in [3.8, 4) is 0 Å². The van der Waals surface area contributed by atoms with Gasteiger partial charge in [0.15, 0.2) is 0 Å². The molecule has 2 aliphatic rings. The Hall–Kier alpha value is -2.18. The largest absolute Gasteiger partial charge is 0.343 e. The molecule has 6 heteroatoms. The average Bonchev–Trinajstić information content (AvgIpc) is 2.72. The SMILES string of the molecule is O=C(NC1(c2ccccc2)CCC1)c1cccc(S(=O)(=O)N2CCCCC2)c1. The molecule has 0 aromatic heterocycles. The highest BCUT2D eigenvalue weighted by atomic mass is 32.2. The first-order valence-corrected chi connectivity index (χ1v) is 11.4. The van der Waals surface area contributed by atoms with Gasteiger partial charge in [0, 0.05) is 18.7 Å². The van der Waals surface area contributed by atoms with Gasteiger partial charge in [-0.2, -0.15) is 4.31 Å². The van der Waals surface area contributed by atoms with Crippen LogP contribution in [0.15, 0.2) is 59.5 Å². The van der Waals surface area contributed by atoms with Gasteiger partial charge in [-0.3, -0.25) is 4.79 Å². The zero-order valence-corrected chi connectivity index (χ0v) is 16.7. The molecule has 148 valence electrons. The quantitative estimate of drug-likeness (QED) is 0.836. The molecule has 1 amide bonds. The topological polar surface area (TPSA) is 66.5 Å². The third-order valence-electron chi connectivity index (χ3n) is 5.94. The molecular formula is C22H26N2O3S. The highest BCUT2D eigenvalue weighted by molar-refractivity contribution is 7.89. The molecule has 2 aromatic carbocycles. The predicted molar refractivity (Wildman–Crippen MR) is 108 cm³/mol. The fourth-order valence-corrected chi connectivity index (χ4v) is 5.68. The van der Waals surface area contributed by atoms with Gasteiger partial charge in [-0.15, -0.1) is 0 Å². The Labute approximate surface area is 166 Å². The molecule has 1 heterocycles. The van der Waals surface area contributed by atoms with E-state index in [1.807, 2.05) is 30.3 Å². The van der Waals surface area contributed by atoms with Crippen molar-refractivity contribution < 1.29 is 13.2 Å². The Bertz CT molecular complexity index is 947. The lowest BCUT2D eigenvalue weighted by atomic mass is 9.71. The van der Waals surface area contributed by atoms with E-state index in [-0.39, 0.29) is 16.3 Å². The summed E-state index contributed by atoms with van der Waals surface area (Å²) in [5, 5.41) is 3.17. The van der Waals surface area contributed by atoms with Crippen molar-refractivity contribution in [1.29, 1.82) is 0 Å². The molecule has 0 bridgehead atoms. The van der Waals surface area contributed by atoms with E-state index in [4.69, 9.17) is 0 Å². The number of benzene rings is 2. The van der Waals surface area contributed by atoms with E-state index >= 15 is 0 Å². The standard InChI is InChI=1S/C22H26N2O3S/c25-21(23-22(13-8-14-22)19-10-3-1-4-11-19)18-9-7-12-20(17-18)28(26,27)24-15-5-2-6-16-24/h1,3-4,7,9-12,17H,2,5-6,8,13-16H2,(H,23,25). The van der Waals surface area contributed by atoms with E-state index in [1.54, 1.807) is 18.2 Å². The second-order valence-corrected chi connectivity index (χ2v) is 9.69. The van der Waals surface area contributed by atoms with Crippen LogP contribution in [0.2, 0.25) is 0 Å². The first-order valence-electron chi connectivity index (χ1n) is 10.00. The molecule has 2 fully saturated rings. The highest BCUT2D eigenvalue weighted by Crippen LogP contribution is 2.41. The molecule has 0 unspecified atom stereocenters. The van der Waals surface area contributed by atoms with Gasteiger partial charge in [0.05, 0.1) is 10.4 Å². The normalized spacial score (nSPS) is 19.6. The van der Waals surface area contributed by atoms with Crippen LogP contribution in [-0.4, -0.2) is 31.7 Å². The molecule has 1 aliphatic carbocycles. The van der Waals surface area contributed by atoms with Crippen LogP contribution in [0.1, 0.15) is 54.4 Å². The molecule has 1 saturated carbocycles. The number of carbonyl (C=O) groups excluding carboxylic acids is 1. The maximum atomic E-state index is 13.0. The van der Waals surface area contributed by atoms with Gasteiger partial charge in [-0.1, -0.05) is 42.8 Å². The van der Waals surface area contributed by atoms with Crippen LogP contribution in [0.4, 0.5) is 0 Å². The van der Waals surface area contributed by atoms with E-state index in [1.165, 1.54) is 10.4 Å². The summed E-state index contributed by atoms with van der Waals surface area (Å²) in [6, 6.07) is 16.4. The molecule has 1 saturated heterocycles. The summed E-state index contributed by atoms with van der Waals surface area (Å²) in [7, 11) is -3.55. The molecule has 0 atom stereocenters. The van der Waals surface area contributed by atoms with Crippen molar-refractivity contribution in [2.45, 2.75) is 49.0 Å². The Morgan fingerprint density at radius 2 is 1.61 bits per heavy atom. The number of nitrogens with one attached hydrogen (secondary N) is 1. The summed E-state index contributed by atoms with van der Waals surface area (Å²) in [6.07, 6.45) is 5.70. The van der Waals surface area contributed by atoms with Gasteiger partial charge in [-0.25, -0.2) is 8.42 Å². The number of hydrogen-bond donors (Lipinski definition) is 1. The van der Waals surface area contributed by atoms with E-state index in [0.717, 1.165) is 44.1 Å². The van der Waals surface area contributed by atoms with Crippen molar-refractivity contribution in [1.82, 2.24) is 9.62 Å². The minimum atomic E-state index is -3.55. The van der Waals surface area contributed by atoms with Crippen LogP contribution < -0.4 is 5.32 Å². The van der Waals surface area contributed by atoms with Gasteiger partial charge >= 0.3 is 0 Å². The van der Waals surface area contributed by atoms with E-state index in [9.17, 15) is 13.2 Å². The van der Waals surface area contributed by atoms with Crippen LogP contribution in [0.25, 0.3) is 0 Å². The number of sulfonamides is 1. The van der Waals surface area contributed by atoms with Gasteiger partial charge in [0.2, 0.25) is 10.0 Å². The maximum absolute atomic E-state index is 13.0. The van der Waals surface area contributed by atoms with Crippen LogP contribution in [0, 0.1) is 0 Å². The van der Waals surface area contributed by atoms with Crippen molar-refractivity contribution in [2.75, 3.05) is 13.1 Å². The lowest BCUT2D eigenvalue weighted by Gasteiger charge is -2.43. The summed E-state index contributed by atoms with van der Waals surface area (Å²) in [5.41, 5.74) is 1.15. The first-order chi connectivity index (χ1) is 13.5. The van der Waals surface area contributed by atoms with Crippen LogP contribution in [-0.2, 0) is 15.6 Å².